The van der Waals surface area contributed by atoms with E-state index in [0.717, 1.165) is 24.5 Å². The number of urea groups is 1. The van der Waals surface area contributed by atoms with Crippen LogP contribution in [-0.2, 0) is 0 Å². The molecule has 2 heterocycles. The van der Waals surface area contributed by atoms with E-state index >= 15 is 0 Å². The van der Waals surface area contributed by atoms with Gasteiger partial charge in [0.25, 0.3) is 0 Å². The Kier molecular flexibility index (Phi) is 1.99. The first-order valence-electron chi connectivity index (χ1n) is 5.46. The molecule has 1 aliphatic carbocycles. The largest absolute Gasteiger partial charge is 0.385 e. The van der Waals surface area contributed by atoms with Gasteiger partial charge in [-0.2, -0.15) is 16.8 Å². The van der Waals surface area contributed by atoms with Gasteiger partial charge >= 0.3 is 6.03 Å². The summed E-state index contributed by atoms with van der Waals surface area (Å²) in [6, 6.07) is -0.109. The Morgan fingerprint density at radius 3 is 3.00 bits per heavy atom. The molecular weight excluding hydrogens is 210 g/mol. The van der Waals surface area contributed by atoms with Crippen molar-refractivity contribution < 1.29 is 4.79 Å². The second-order valence-corrected chi connectivity index (χ2v) is 5.77. The Balaban J connectivity index is 1.87. The van der Waals surface area contributed by atoms with Gasteiger partial charge in [-0.1, -0.05) is 0 Å². The monoisotopic (exact) mass is 225 g/mol. The number of amides is 2. The van der Waals surface area contributed by atoms with Crippen LogP contribution in [0.2, 0.25) is 0 Å². The van der Waals surface area contributed by atoms with Gasteiger partial charge in [0.05, 0.1) is 0 Å². The SMILES string of the molecule is NC1=NC(=O)N(CC2CC2)C12CCSC2. The molecule has 4 nitrogen and oxygen atoms in total. The highest BCUT2D eigenvalue weighted by atomic mass is 32.2. The summed E-state index contributed by atoms with van der Waals surface area (Å²) in [6.45, 7) is 0.865. The lowest BCUT2D eigenvalue weighted by Crippen LogP contribution is -2.55. The third-order valence-corrected chi connectivity index (χ3v) is 4.75. The van der Waals surface area contributed by atoms with Gasteiger partial charge in [-0.05, 0) is 30.9 Å². The Morgan fingerprint density at radius 1 is 1.60 bits per heavy atom. The standard InChI is InChI=1S/C10H15N3OS/c11-8-10(3-4-15-6-10)13(9(14)12-8)5-7-1-2-7/h7H,1-6H2,(H2,11,12,14). The second kappa shape index (κ2) is 3.14. The summed E-state index contributed by atoms with van der Waals surface area (Å²) in [5.41, 5.74) is 5.71. The lowest BCUT2D eigenvalue weighted by molar-refractivity contribution is 0.177. The van der Waals surface area contributed by atoms with E-state index in [0.29, 0.717) is 11.8 Å². The van der Waals surface area contributed by atoms with Gasteiger partial charge in [0.2, 0.25) is 0 Å². The van der Waals surface area contributed by atoms with Crippen molar-refractivity contribution in [2.24, 2.45) is 16.6 Å². The van der Waals surface area contributed by atoms with E-state index in [1.54, 1.807) is 0 Å². The third-order valence-electron chi connectivity index (χ3n) is 3.58. The molecule has 1 unspecified atom stereocenters. The molecule has 2 fully saturated rings. The smallest absolute Gasteiger partial charge is 0.346 e. The van der Waals surface area contributed by atoms with E-state index < -0.39 is 0 Å². The molecule has 3 aliphatic rings. The van der Waals surface area contributed by atoms with Crippen LogP contribution in [0.5, 0.6) is 0 Å². The van der Waals surface area contributed by atoms with Gasteiger partial charge in [0.1, 0.15) is 11.4 Å². The number of amidine groups is 1. The molecular formula is C10H15N3OS. The van der Waals surface area contributed by atoms with Gasteiger partial charge in [0.15, 0.2) is 0 Å². The van der Waals surface area contributed by atoms with Crippen molar-refractivity contribution in [1.29, 1.82) is 0 Å². The fourth-order valence-electron chi connectivity index (χ4n) is 2.37. The van der Waals surface area contributed by atoms with E-state index in [4.69, 9.17) is 5.73 Å². The molecule has 1 spiro atoms. The molecule has 1 saturated heterocycles. The van der Waals surface area contributed by atoms with Crippen molar-refractivity contribution in [3.8, 4) is 0 Å². The van der Waals surface area contributed by atoms with Crippen LogP contribution in [0.15, 0.2) is 4.99 Å². The number of carbonyl (C=O) groups is 1. The van der Waals surface area contributed by atoms with Crippen LogP contribution < -0.4 is 5.73 Å². The Bertz CT molecular complexity index is 332. The molecule has 82 valence electrons. The molecule has 0 radical (unpaired) electrons. The first-order valence-corrected chi connectivity index (χ1v) is 6.62. The minimum absolute atomic E-state index is 0.109. The maximum Gasteiger partial charge on any atom is 0.346 e. The van der Waals surface area contributed by atoms with Gasteiger partial charge in [0, 0.05) is 12.3 Å². The molecule has 0 bridgehead atoms. The van der Waals surface area contributed by atoms with Crippen molar-refractivity contribution in [2.45, 2.75) is 24.8 Å². The summed E-state index contributed by atoms with van der Waals surface area (Å²) in [4.78, 5) is 17.6. The maximum absolute atomic E-state index is 11.8. The van der Waals surface area contributed by atoms with Crippen LogP contribution >= 0.6 is 11.8 Å². The number of hydrogen-bond acceptors (Lipinski definition) is 3. The number of rotatable bonds is 2. The topological polar surface area (TPSA) is 58.7 Å². The van der Waals surface area contributed by atoms with Crippen LogP contribution in [0.25, 0.3) is 0 Å². The van der Waals surface area contributed by atoms with Gasteiger partial charge < -0.3 is 10.6 Å². The second-order valence-electron chi connectivity index (χ2n) is 4.67. The first-order chi connectivity index (χ1) is 7.22. The van der Waals surface area contributed by atoms with E-state index in [2.05, 4.69) is 4.99 Å². The Labute approximate surface area is 93.3 Å². The highest BCUT2D eigenvalue weighted by Gasteiger charge is 2.51. The minimum atomic E-state index is -0.218. The zero-order chi connectivity index (χ0) is 10.5. The third kappa shape index (κ3) is 1.36. The lowest BCUT2D eigenvalue weighted by atomic mass is 9.96. The molecule has 0 aromatic heterocycles. The summed E-state index contributed by atoms with van der Waals surface area (Å²) in [5, 5.41) is 0. The molecule has 1 saturated carbocycles. The van der Waals surface area contributed by atoms with Crippen LogP contribution in [0.1, 0.15) is 19.3 Å². The quantitative estimate of drug-likeness (QED) is 0.764. The number of hydrogen-bond donors (Lipinski definition) is 1. The molecule has 1 atom stereocenters. The zero-order valence-electron chi connectivity index (χ0n) is 8.61. The highest BCUT2D eigenvalue weighted by molar-refractivity contribution is 7.99. The van der Waals surface area contributed by atoms with Crippen molar-refractivity contribution in [1.82, 2.24) is 4.90 Å². The predicted molar refractivity (Wildman–Crippen MR) is 61.1 cm³/mol. The fourth-order valence-corrected chi connectivity index (χ4v) is 3.78. The number of carbonyl (C=O) groups excluding carboxylic acids is 1. The van der Waals surface area contributed by atoms with E-state index in [1.807, 2.05) is 16.7 Å². The van der Waals surface area contributed by atoms with Crippen molar-refractivity contribution >= 4 is 23.6 Å². The number of nitrogens with two attached hydrogens (primary N) is 1. The van der Waals surface area contributed by atoms with Crippen molar-refractivity contribution in [2.75, 3.05) is 18.1 Å². The van der Waals surface area contributed by atoms with E-state index in [1.165, 1.54) is 12.8 Å². The van der Waals surface area contributed by atoms with Crippen LogP contribution in [0.3, 0.4) is 0 Å². The minimum Gasteiger partial charge on any atom is -0.385 e. The maximum atomic E-state index is 11.8. The molecule has 0 aromatic rings. The summed E-state index contributed by atoms with van der Waals surface area (Å²) in [6.07, 6.45) is 3.49. The van der Waals surface area contributed by atoms with E-state index in [-0.39, 0.29) is 11.6 Å². The number of nitrogens with zero attached hydrogens (tertiary/aromatic N) is 2. The molecule has 2 amide bonds. The average molecular weight is 225 g/mol. The van der Waals surface area contributed by atoms with Crippen molar-refractivity contribution in [3.05, 3.63) is 0 Å². The molecule has 0 aromatic carbocycles. The van der Waals surface area contributed by atoms with E-state index in [9.17, 15) is 4.79 Å². The summed E-state index contributed by atoms with van der Waals surface area (Å²) < 4.78 is 0. The predicted octanol–water partition coefficient (Wildman–Crippen LogP) is 1.06. The average Bonchev–Trinajstić information content (AvgIpc) is 2.84. The summed E-state index contributed by atoms with van der Waals surface area (Å²) in [5.74, 6) is 3.28. The summed E-state index contributed by atoms with van der Waals surface area (Å²) >= 11 is 1.87. The molecule has 2 N–H and O–H groups in total. The normalized spacial score (nSPS) is 35.3. The van der Waals surface area contributed by atoms with Crippen LogP contribution in [0.4, 0.5) is 4.79 Å². The highest BCUT2D eigenvalue weighted by Crippen LogP contribution is 2.40. The van der Waals surface area contributed by atoms with Crippen LogP contribution in [0, 0.1) is 5.92 Å². The molecule has 15 heavy (non-hydrogen) atoms. The Hall–Kier alpha value is -0.710. The summed E-state index contributed by atoms with van der Waals surface area (Å²) in [7, 11) is 0. The lowest BCUT2D eigenvalue weighted by Gasteiger charge is -2.33. The molecule has 2 aliphatic heterocycles. The van der Waals surface area contributed by atoms with Gasteiger partial charge in [-0.15, -0.1) is 0 Å². The number of aliphatic imine (C=N–C) groups is 1. The van der Waals surface area contributed by atoms with Crippen molar-refractivity contribution in [3.63, 3.8) is 0 Å². The number of thioether (sulfide) groups is 1. The van der Waals surface area contributed by atoms with Gasteiger partial charge in [-0.25, -0.2) is 4.79 Å². The van der Waals surface area contributed by atoms with Crippen LogP contribution in [-0.4, -0.2) is 40.4 Å². The molecule has 5 heteroatoms. The Morgan fingerprint density at radius 2 is 2.40 bits per heavy atom. The van der Waals surface area contributed by atoms with Gasteiger partial charge in [-0.3, -0.25) is 0 Å². The fraction of sp³-hybridized carbons (Fsp3) is 0.800. The first kappa shape index (κ1) is 9.51. The zero-order valence-corrected chi connectivity index (χ0v) is 9.42. The molecule has 3 rings (SSSR count).